The predicted octanol–water partition coefficient (Wildman–Crippen LogP) is 4.96. The quantitative estimate of drug-likeness (QED) is 0.439. The summed E-state index contributed by atoms with van der Waals surface area (Å²) in [5.74, 6) is 0.599. The van der Waals surface area contributed by atoms with Crippen LogP contribution in [0, 0.1) is 22.7 Å². The summed E-state index contributed by atoms with van der Waals surface area (Å²) >= 11 is 0. The zero-order chi connectivity index (χ0) is 23.9. The number of hydrogen-bond donors (Lipinski definition) is 0. The van der Waals surface area contributed by atoms with E-state index in [4.69, 9.17) is 9.47 Å². The molecule has 6 heteroatoms. The molecule has 6 nitrogen and oxygen atoms in total. The molecule has 0 unspecified atom stereocenters. The van der Waals surface area contributed by atoms with Crippen molar-refractivity contribution in [2.45, 2.75) is 117 Å². The summed E-state index contributed by atoms with van der Waals surface area (Å²) in [4.78, 5) is 48.8. The third kappa shape index (κ3) is 6.20. The monoisotopic (exact) mass is 448 g/mol. The molecule has 4 aliphatic rings. The van der Waals surface area contributed by atoms with Crippen molar-refractivity contribution in [3.8, 4) is 0 Å². The summed E-state index contributed by atoms with van der Waals surface area (Å²) in [6, 6.07) is 0. The molecule has 4 aliphatic carbocycles. The van der Waals surface area contributed by atoms with Crippen LogP contribution in [0.4, 0.5) is 0 Å². The lowest BCUT2D eigenvalue weighted by Crippen LogP contribution is -2.53. The summed E-state index contributed by atoms with van der Waals surface area (Å²) < 4.78 is 11.4. The first-order valence-corrected chi connectivity index (χ1v) is 12.0. The summed E-state index contributed by atoms with van der Waals surface area (Å²) in [6.07, 6.45) is 7.21. The van der Waals surface area contributed by atoms with Crippen molar-refractivity contribution >= 4 is 23.5 Å². The molecule has 0 spiro atoms. The molecule has 0 atom stereocenters. The summed E-state index contributed by atoms with van der Waals surface area (Å²) in [6.45, 7) is 10.2. The molecular weight excluding hydrogens is 408 g/mol. The van der Waals surface area contributed by atoms with Gasteiger partial charge < -0.3 is 9.47 Å². The van der Waals surface area contributed by atoms with Gasteiger partial charge in [0.2, 0.25) is 0 Å². The van der Waals surface area contributed by atoms with E-state index in [0.29, 0.717) is 24.7 Å². The van der Waals surface area contributed by atoms with Gasteiger partial charge in [-0.2, -0.15) is 0 Å². The van der Waals surface area contributed by atoms with Gasteiger partial charge in [-0.1, -0.05) is 0 Å². The van der Waals surface area contributed by atoms with Gasteiger partial charge in [-0.25, -0.2) is 0 Å². The lowest BCUT2D eigenvalue weighted by atomic mass is 9.43. The van der Waals surface area contributed by atoms with Crippen molar-refractivity contribution in [3.05, 3.63) is 0 Å². The SMILES string of the molecule is CC(=O)CC(C)(C)OC(=O)CC12CC3CC(C1)CC(CC(=O)OC(C)(C)CC(C)=O)(C3)C2. The van der Waals surface area contributed by atoms with Crippen LogP contribution in [0.3, 0.4) is 0 Å². The molecule has 4 fully saturated rings. The van der Waals surface area contributed by atoms with Crippen LogP contribution >= 0.6 is 0 Å². The largest absolute Gasteiger partial charge is 0.459 e. The smallest absolute Gasteiger partial charge is 0.306 e. The van der Waals surface area contributed by atoms with Crippen molar-refractivity contribution in [2.24, 2.45) is 22.7 Å². The van der Waals surface area contributed by atoms with E-state index in [-0.39, 0.29) is 47.2 Å². The minimum absolute atomic E-state index is 0.00256. The molecule has 0 aromatic carbocycles. The first kappa shape index (κ1) is 24.9. The van der Waals surface area contributed by atoms with Crippen molar-refractivity contribution < 1.29 is 28.7 Å². The second kappa shape index (κ2) is 8.57. The van der Waals surface area contributed by atoms with Gasteiger partial charge in [0.05, 0.1) is 12.8 Å². The van der Waals surface area contributed by atoms with Gasteiger partial charge in [-0.05, 0) is 103 Å². The lowest BCUT2D eigenvalue weighted by Gasteiger charge is -2.62. The fourth-order valence-electron chi connectivity index (χ4n) is 7.64. The predicted molar refractivity (Wildman–Crippen MR) is 120 cm³/mol. The molecule has 180 valence electrons. The van der Waals surface area contributed by atoms with Gasteiger partial charge >= 0.3 is 11.9 Å². The summed E-state index contributed by atoms with van der Waals surface area (Å²) in [7, 11) is 0. The van der Waals surface area contributed by atoms with Crippen LogP contribution in [0.1, 0.15) is 106 Å². The average Bonchev–Trinajstić information content (AvgIpc) is 2.46. The molecule has 4 saturated carbocycles. The first-order valence-electron chi connectivity index (χ1n) is 12.0. The molecular formula is C26H40O6. The molecule has 32 heavy (non-hydrogen) atoms. The maximum Gasteiger partial charge on any atom is 0.306 e. The van der Waals surface area contributed by atoms with E-state index >= 15 is 0 Å². The zero-order valence-electron chi connectivity index (χ0n) is 20.7. The molecule has 0 aromatic rings. The van der Waals surface area contributed by atoms with Gasteiger partial charge in [-0.3, -0.25) is 19.2 Å². The Morgan fingerprint density at radius 1 is 0.719 bits per heavy atom. The second-order valence-electron chi connectivity index (χ2n) is 12.5. The molecule has 0 radical (unpaired) electrons. The van der Waals surface area contributed by atoms with Gasteiger partial charge in [0.25, 0.3) is 0 Å². The fraction of sp³-hybridized carbons (Fsp3) is 0.846. The number of rotatable bonds is 10. The van der Waals surface area contributed by atoms with E-state index in [2.05, 4.69) is 0 Å². The van der Waals surface area contributed by atoms with E-state index in [1.54, 1.807) is 27.7 Å². The summed E-state index contributed by atoms with van der Waals surface area (Å²) in [5, 5.41) is 0. The summed E-state index contributed by atoms with van der Waals surface area (Å²) in [5.41, 5.74) is -1.84. The van der Waals surface area contributed by atoms with Gasteiger partial charge in [0.1, 0.15) is 22.8 Å². The van der Waals surface area contributed by atoms with Gasteiger partial charge in [-0.15, -0.1) is 0 Å². The number of ketones is 2. The van der Waals surface area contributed by atoms with Crippen molar-refractivity contribution in [2.75, 3.05) is 0 Å². The number of esters is 2. The molecule has 0 aromatic heterocycles. The van der Waals surface area contributed by atoms with E-state index in [1.165, 1.54) is 20.3 Å². The van der Waals surface area contributed by atoms with Gasteiger partial charge in [0.15, 0.2) is 0 Å². The minimum atomic E-state index is -0.797. The zero-order valence-corrected chi connectivity index (χ0v) is 20.7. The highest BCUT2D eigenvalue weighted by atomic mass is 16.6. The number of carbonyl (C=O) groups excluding carboxylic acids is 4. The highest BCUT2D eigenvalue weighted by molar-refractivity contribution is 5.78. The van der Waals surface area contributed by atoms with E-state index < -0.39 is 11.2 Å². The van der Waals surface area contributed by atoms with E-state index in [9.17, 15) is 19.2 Å². The normalized spacial score (nSPS) is 31.3. The Bertz CT molecular complexity index is 716. The number of Topliss-reactive ketones (excluding diaryl/α,β-unsaturated/α-hetero) is 2. The molecule has 0 aliphatic heterocycles. The Kier molecular flexibility index (Phi) is 6.67. The Morgan fingerprint density at radius 2 is 1.06 bits per heavy atom. The Balaban J connectivity index is 1.68. The van der Waals surface area contributed by atoms with E-state index in [1.807, 2.05) is 0 Å². The molecule has 4 rings (SSSR count). The van der Waals surface area contributed by atoms with Crippen LogP contribution in [-0.2, 0) is 28.7 Å². The van der Waals surface area contributed by atoms with Gasteiger partial charge in [0, 0.05) is 12.8 Å². The van der Waals surface area contributed by atoms with Crippen LogP contribution in [0.15, 0.2) is 0 Å². The molecule has 4 bridgehead atoms. The molecule has 0 heterocycles. The highest BCUT2D eigenvalue weighted by Gasteiger charge is 2.59. The topological polar surface area (TPSA) is 86.7 Å². The number of hydrogen-bond acceptors (Lipinski definition) is 6. The second-order valence-corrected chi connectivity index (χ2v) is 12.5. The maximum atomic E-state index is 12.9. The Hall–Kier alpha value is -1.72. The number of carbonyl (C=O) groups is 4. The lowest BCUT2D eigenvalue weighted by molar-refractivity contribution is -0.176. The third-order valence-electron chi connectivity index (χ3n) is 7.47. The Morgan fingerprint density at radius 3 is 1.38 bits per heavy atom. The maximum absolute atomic E-state index is 12.9. The van der Waals surface area contributed by atoms with Crippen molar-refractivity contribution in [1.29, 1.82) is 0 Å². The van der Waals surface area contributed by atoms with Crippen molar-refractivity contribution in [3.63, 3.8) is 0 Å². The van der Waals surface area contributed by atoms with Crippen molar-refractivity contribution in [1.82, 2.24) is 0 Å². The highest BCUT2D eigenvalue weighted by Crippen LogP contribution is 2.67. The standard InChI is InChI=1S/C26H40O6/c1-17(27)8-23(3,4)31-21(29)14-25-10-19-7-20(11-25)13-26(12-19,16-25)15-22(30)32-24(5,6)9-18(2)28/h19-20H,7-16H2,1-6H3. The minimum Gasteiger partial charge on any atom is -0.459 e. The molecule has 0 saturated heterocycles. The average molecular weight is 449 g/mol. The third-order valence-corrected chi connectivity index (χ3v) is 7.47. The number of ether oxygens (including phenoxy) is 2. The van der Waals surface area contributed by atoms with Crippen LogP contribution < -0.4 is 0 Å². The van der Waals surface area contributed by atoms with Crippen LogP contribution in [0.5, 0.6) is 0 Å². The van der Waals surface area contributed by atoms with Crippen LogP contribution in [-0.4, -0.2) is 34.7 Å². The first-order chi connectivity index (χ1) is 14.6. The fourth-order valence-corrected chi connectivity index (χ4v) is 7.64. The molecule has 0 N–H and O–H groups in total. The van der Waals surface area contributed by atoms with Crippen LogP contribution in [0.2, 0.25) is 0 Å². The van der Waals surface area contributed by atoms with E-state index in [0.717, 1.165) is 32.1 Å². The Labute approximate surface area is 192 Å². The van der Waals surface area contributed by atoms with Crippen LogP contribution in [0.25, 0.3) is 0 Å². The molecule has 0 amide bonds.